The molecule has 164 valence electrons. The highest BCUT2D eigenvalue weighted by molar-refractivity contribution is 7.16. The molecule has 0 unspecified atom stereocenters. The third kappa shape index (κ3) is 7.67. The van der Waals surface area contributed by atoms with Crippen molar-refractivity contribution in [3.63, 3.8) is 0 Å². The second-order valence-corrected chi connectivity index (χ2v) is 8.44. The minimum absolute atomic E-state index is 0.0817. The van der Waals surface area contributed by atoms with Crippen LogP contribution in [0, 0.1) is 0 Å². The zero-order chi connectivity index (χ0) is 22.3. The predicted octanol–water partition coefficient (Wildman–Crippen LogP) is 4.96. The first-order valence-electron chi connectivity index (χ1n) is 8.65. The van der Waals surface area contributed by atoms with Crippen LogP contribution in [0.4, 0.5) is 23.7 Å². The van der Waals surface area contributed by atoms with Crippen molar-refractivity contribution in [1.29, 1.82) is 0 Å². The molecule has 1 aromatic heterocycles. The van der Waals surface area contributed by atoms with Crippen molar-refractivity contribution in [2.24, 2.45) is 0 Å². The lowest BCUT2D eigenvalue weighted by Crippen LogP contribution is -2.49. The molecule has 6 nitrogen and oxygen atoms in total. The van der Waals surface area contributed by atoms with E-state index in [4.69, 9.17) is 33.1 Å². The number of hydrogen-bond acceptors (Lipinski definition) is 4. The molecule has 1 aliphatic heterocycles. The number of anilines is 1. The number of halogens is 5. The van der Waals surface area contributed by atoms with E-state index in [0.29, 0.717) is 5.02 Å². The normalized spacial score (nSPS) is 18.7. The number of amides is 2. The van der Waals surface area contributed by atoms with E-state index in [1.54, 1.807) is 35.6 Å². The van der Waals surface area contributed by atoms with Crippen molar-refractivity contribution < 1.29 is 27.9 Å². The van der Waals surface area contributed by atoms with Crippen LogP contribution in [0.2, 0.25) is 9.36 Å². The molecule has 0 aliphatic carbocycles. The van der Waals surface area contributed by atoms with Gasteiger partial charge in [-0.2, -0.15) is 13.2 Å². The second kappa shape index (κ2) is 10.9. The molecule has 2 atom stereocenters. The molecule has 1 saturated heterocycles. The van der Waals surface area contributed by atoms with Crippen LogP contribution < -0.4 is 16.0 Å². The molecule has 0 bridgehead atoms. The largest absolute Gasteiger partial charge is 0.490 e. The van der Waals surface area contributed by atoms with E-state index in [1.165, 1.54) is 4.88 Å². The Bertz CT molecular complexity index is 862. The van der Waals surface area contributed by atoms with Crippen LogP contribution in [0.15, 0.2) is 36.4 Å². The van der Waals surface area contributed by atoms with Crippen LogP contribution in [0.1, 0.15) is 17.2 Å². The van der Waals surface area contributed by atoms with E-state index < -0.39 is 12.1 Å². The van der Waals surface area contributed by atoms with Gasteiger partial charge in [0.2, 0.25) is 0 Å². The third-order valence-electron chi connectivity index (χ3n) is 4.10. The number of thiophene rings is 1. The molecule has 2 aromatic rings. The Balaban J connectivity index is 0.000000396. The number of carbonyl (C=O) groups excluding carboxylic acids is 1. The lowest BCUT2D eigenvalue weighted by atomic mass is 9.92. The number of carboxylic acid groups (broad SMARTS) is 1. The van der Waals surface area contributed by atoms with Gasteiger partial charge < -0.3 is 21.1 Å². The second-order valence-electron chi connectivity index (χ2n) is 6.26. The number of aliphatic carboxylic acids is 1. The van der Waals surface area contributed by atoms with Gasteiger partial charge in [-0.25, -0.2) is 9.59 Å². The summed E-state index contributed by atoms with van der Waals surface area (Å²) in [6.45, 7) is 1.73. The maximum Gasteiger partial charge on any atom is 0.490 e. The summed E-state index contributed by atoms with van der Waals surface area (Å²) in [7, 11) is 0. The van der Waals surface area contributed by atoms with E-state index in [-0.39, 0.29) is 18.0 Å². The monoisotopic (exact) mass is 483 g/mol. The molecule has 30 heavy (non-hydrogen) atoms. The smallest absolute Gasteiger partial charge is 0.475 e. The maximum absolute atomic E-state index is 12.2. The SMILES string of the molecule is O=C(Nc1ccc(Cl)cc1)N[C@@H]1CCNC[C@H]1c1ccc(Cl)s1.O=C(O)C(F)(F)F. The summed E-state index contributed by atoms with van der Waals surface area (Å²) in [5, 5.41) is 17.1. The van der Waals surface area contributed by atoms with Crippen molar-refractivity contribution in [2.75, 3.05) is 18.4 Å². The molecule has 1 fully saturated rings. The first-order chi connectivity index (χ1) is 14.1. The van der Waals surface area contributed by atoms with Crippen molar-refractivity contribution >= 4 is 52.2 Å². The van der Waals surface area contributed by atoms with Gasteiger partial charge in [0.05, 0.1) is 4.34 Å². The molecule has 12 heteroatoms. The number of urea groups is 1. The first kappa shape index (κ1) is 24.3. The molecular weight excluding hydrogens is 466 g/mol. The zero-order valence-electron chi connectivity index (χ0n) is 15.3. The number of hydrogen-bond donors (Lipinski definition) is 4. The standard InChI is InChI=1S/C16H17Cl2N3OS.C2HF3O2/c17-10-1-3-11(4-2-10)20-16(22)21-13-7-8-19-9-12(13)14-5-6-15(18)23-14;3-2(4,5)1(6)7/h1-6,12-13,19H,7-9H2,(H2,20,21,22);(H,6,7)/t12-,13-;/m1./s1. The van der Waals surface area contributed by atoms with Gasteiger partial charge in [0, 0.05) is 34.1 Å². The van der Waals surface area contributed by atoms with Crippen molar-refractivity contribution in [2.45, 2.75) is 24.6 Å². The highest BCUT2D eigenvalue weighted by Gasteiger charge is 2.38. The Morgan fingerprint density at radius 1 is 1.13 bits per heavy atom. The lowest BCUT2D eigenvalue weighted by Gasteiger charge is -2.32. The fraction of sp³-hybridized carbons (Fsp3) is 0.333. The fourth-order valence-corrected chi connectivity index (χ4v) is 4.08. The van der Waals surface area contributed by atoms with Crippen LogP contribution in [0.5, 0.6) is 0 Å². The molecule has 0 saturated carbocycles. The van der Waals surface area contributed by atoms with Crippen LogP contribution in [-0.2, 0) is 4.79 Å². The summed E-state index contributed by atoms with van der Waals surface area (Å²) in [5.74, 6) is -2.52. The molecule has 0 radical (unpaired) electrons. The number of rotatable bonds is 3. The van der Waals surface area contributed by atoms with Gasteiger partial charge >= 0.3 is 18.2 Å². The van der Waals surface area contributed by atoms with Gasteiger partial charge in [-0.05, 0) is 49.4 Å². The predicted molar refractivity (Wildman–Crippen MR) is 111 cm³/mol. The average Bonchev–Trinajstić information content (AvgIpc) is 3.10. The van der Waals surface area contributed by atoms with Crippen molar-refractivity contribution in [3.05, 3.63) is 50.6 Å². The van der Waals surface area contributed by atoms with Gasteiger partial charge in [-0.15, -0.1) is 11.3 Å². The van der Waals surface area contributed by atoms with E-state index in [2.05, 4.69) is 16.0 Å². The summed E-state index contributed by atoms with van der Waals surface area (Å²) in [5.41, 5.74) is 0.719. The summed E-state index contributed by atoms with van der Waals surface area (Å²) in [6.07, 6.45) is -4.20. The Labute approximate surface area is 184 Å². The fourth-order valence-electron chi connectivity index (χ4n) is 2.73. The number of nitrogens with one attached hydrogen (secondary N) is 3. The number of piperidine rings is 1. The molecular formula is C18H18Cl2F3N3O3S. The van der Waals surface area contributed by atoms with Crippen LogP contribution >= 0.6 is 34.5 Å². The van der Waals surface area contributed by atoms with Crippen LogP contribution in [0.3, 0.4) is 0 Å². The van der Waals surface area contributed by atoms with Gasteiger partial charge in [0.1, 0.15) is 0 Å². The average molecular weight is 484 g/mol. The topological polar surface area (TPSA) is 90.5 Å². The Morgan fingerprint density at radius 3 is 2.30 bits per heavy atom. The first-order valence-corrected chi connectivity index (χ1v) is 10.2. The molecule has 1 aromatic carbocycles. The number of carboxylic acids is 1. The van der Waals surface area contributed by atoms with Crippen molar-refractivity contribution in [3.8, 4) is 0 Å². The Hall–Kier alpha value is -2.01. The molecule has 2 amide bonds. The summed E-state index contributed by atoms with van der Waals surface area (Å²) in [4.78, 5) is 22.3. The van der Waals surface area contributed by atoms with E-state index >= 15 is 0 Å². The minimum Gasteiger partial charge on any atom is -0.475 e. The third-order valence-corrected chi connectivity index (χ3v) is 5.72. The van der Waals surface area contributed by atoms with E-state index in [9.17, 15) is 18.0 Å². The van der Waals surface area contributed by atoms with E-state index in [0.717, 1.165) is 29.5 Å². The lowest BCUT2D eigenvalue weighted by molar-refractivity contribution is -0.192. The Morgan fingerprint density at radius 2 is 1.77 bits per heavy atom. The van der Waals surface area contributed by atoms with E-state index in [1.807, 2.05) is 12.1 Å². The highest BCUT2D eigenvalue weighted by Crippen LogP contribution is 2.32. The van der Waals surface area contributed by atoms with Crippen LogP contribution in [-0.4, -0.2) is 42.4 Å². The molecule has 2 heterocycles. The quantitative estimate of drug-likeness (QED) is 0.496. The highest BCUT2D eigenvalue weighted by atomic mass is 35.5. The summed E-state index contributed by atoms with van der Waals surface area (Å²) < 4.78 is 32.5. The summed E-state index contributed by atoms with van der Waals surface area (Å²) >= 11 is 13.5. The van der Waals surface area contributed by atoms with Gasteiger partial charge in [0.25, 0.3) is 0 Å². The van der Waals surface area contributed by atoms with Gasteiger partial charge in [0.15, 0.2) is 0 Å². The summed E-state index contributed by atoms with van der Waals surface area (Å²) in [6, 6.07) is 10.9. The molecule has 0 spiro atoms. The van der Waals surface area contributed by atoms with Crippen molar-refractivity contribution in [1.82, 2.24) is 10.6 Å². The number of carbonyl (C=O) groups is 2. The molecule has 1 aliphatic rings. The molecule has 4 N–H and O–H groups in total. The number of benzene rings is 1. The minimum atomic E-state index is -5.08. The molecule has 3 rings (SSSR count). The zero-order valence-corrected chi connectivity index (χ0v) is 17.6. The maximum atomic E-state index is 12.2. The Kier molecular flexibility index (Phi) is 8.78. The van der Waals surface area contributed by atoms with Gasteiger partial charge in [-0.1, -0.05) is 23.2 Å². The number of alkyl halides is 3. The van der Waals surface area contributed by atoms with Crippen LogP contribution in [0.25, 0.3) is 0 Å². The van der Waals surface area contributed by atoms with Gasteiger partial charge in [-0.3, -0.25) is 0 Å².